The van der Waals surface area contributed by atoms with Gasteiger partial charge in [0.2, 0.25) is 5.56 Å². The molecule has 0 aliphatic heterocycles. The molecule has 0 fully saturated rings. The number of anilines is 1. The van der Waals surface area contributed by atoms with Crippen molar-refractivity contribution >= 4 is 26.6 Å². The summed E-state index contributed by atoms with van der Waals surface area (Å²) in [7, 11) is -0.422. The van der Waals surface area contributed by atoms with Crippen LogP contribution < -0.4 is 10.3 Å². The van der Waals surface area contributed by atoms with Crippen LogP contribution in [0, 0.1) is 0 Å². The molecule has 0 atom stereocenters. The highest BCUT2D eigenvalue weighted by molar-refractivity contribution is 7.92. The van der Waals surface area contributed by atoms with Crippen molar-refractivity contribution in [3.63, 3.8) is 0 Å². The Labute approximate surface area is 161 Å². The van der Waals surface area contributed by atoms with Crippen molar-refractivity contribution in [3.8, 4) is 11.3 Å². The summed E-state index contributed by atoms with van der Waals surface area (Å²) in [6.07, 6.45) is 4.63. The van der Waals surface area contributed by atoms with Crippen molar-refractivity contribution in [2.45, 2.75) is 4.90 Å². The molecule has 0 saturated carbocycles. The van der Waals surface area contributed by atoms with E-state index in [0.29, 0.717) is 16.9 Å². The molecule has 28 heavy (non-hydrogen) atoms. The topological polar surface area (TPSA) is 98.9 Å². The van der Waals surface area contributed by atoms with E-state index in [1.807, 2.05) is 6.07 Å². The first-order chi connectivity index (χ1) is 13.3. The van der Waals surface area contributed by atoms with E-state index in [1.54, 1.807) is 55.4 Å². The standard InChI is InChI=1S/C19H17N5O3S/c1-23-12-14(6-9-18(23)25)16-8-7-15(11-20-16)28(26,27)22-17-5-3-4-13-10-21-24(2)19(13)17/h3-12,22H,1-2H3. The molecule has 0 radical (unpaired) electrons. The average molecular weight is 395 g/mol. The molecule has 0 saturated heterocycles. The van der Waals surface area contributed by atoms with Gasteiger partial charge in [-0.25, -0.2) is 8.42 Å². The number of aromatic nitrogens is 4. The predicted octanol–water partition coefficient (Wildman–Crippen LogP) is 2.13. The molecule has 1 N–H and O–H groups in total. The number of para-hydroxylation sites is 1. The third kappa shape index (κ3) is 3.16. The van der Waals surface area contributed by atoms with E-state index in [4.69, 9.17) is 0 Å². The Hall–Kier alpha value is -3.46. The quantitative estimate of drug-likeness (QED) is 0.571. The summed E-state index contributed by atoms with van der Waals surface area (Å²) in [6.45, 7) is 0. The second-order valence-corrected chi connectivity index (χ2v) is 8.05. The highest BCUT2D eigenvalue weighted by Crippen LogP contribution is 2.25. The fourth-order valence-corrected chi connectivity index (χ4v) is 3.99. The number of sulfonamides is 1. The lowest BCUT2D eigenvalue weighted by Crippen LogP contribution is -2.15. The molecule has 142 valence electrons. The van der Waals surface area contributed by atoms with Crippen LogP contribution in [0.2, 0.25) is 0 Å². The minimum atomic E-state index is -3.82. The largest absolute Gasteiger partial charge is 0.318 e. The van der Waals surface area contributed by atoms with Crippen LogP contribution in [0.4, 0.5) is 5.69 Å². The molecule has 3 heterocycles. The predicted molar refractivity (Wildman–Crippen MR) is 106 cm³/mol. The van der Waals surface area contributed by atoms with E-state index in [0.717, 1.165) is 10.9 Å². The maximum Gasteiger partial charge on any atom is 0.263 e. The fourth-order valence-electron chi connectivity index (χ4n) is 2.97. The Morgan fingerprint density at radius 2 is 1.82 bits per heavy atom. The summed E-state index contributed by atoms with van der Waals surface area (Å²) in [5.41, 5.74) is 2.30. The highest BCUT2D eigenvalue weighted by atomic mass is 32.2. The Bertz CT molecular complexity index is 1340. The number of fused-ring (bicyclic) bond motifs is 1. The summed E-state index contributed by atoms with van der Waals surface area (Å²) in [6, 6.07) is 11.5. The number of nitrogens with zero attached hydrogens (tertiary/aromatic N) is 4. The molecule has 0 unspecified atom stereocenters. The van der Waals surface area contributed by atoms with E-state index in [9.17, 15) is 13.2 Å². The van der Waals surface area contributed by atoms with Crippen LogP contribution in [0.25, 0.3) is 22.2 Å². The van der Waals surface area contributed by atoms with E-state index in [1.165, 1.54) is 22.9 Å². The molecule has 1 aromatic carbocycles. The van der Waals surface area contributed by atoms with Gasteiger partial charge in [-0.1, -0.05) is 12.1 Å². The zero-order chi connectivity index (χ0) is 19.9. The first-order valence-electron chi connectivity index (χ1n) is 8.42. The zero-order valence-electron chi connectivity index (χ0n) is 15.2. The Balaban J connectivity index is 1.67. The second kappa shape index (κ2) is 6.61. The molecule has 0 aliphatic carbocycles. The van der Waals surface area contributed by atoms with Gasteiger partial charge in [0, 0.05) is 43.5 Å². The first-order valence-corrected chi connectivity index (χ1v) is 9.90. The van der Waals surface area contributed by atoms with Crippen molar-refractivity contribution in [3.05, 3.63) is 71.4 Å². The molecule has 0 spiro atoms. The third-order valence-electron chi connectivity index (χ3n) is 4.43. The molecule has 8 nitrogen and oxygen atoms in total. The molecule has 4 aromatic rings. The van der Waals surface area contributed by atoms with E-state index in [-0.39, 0.29) is 10.5 Å². The summed E-state index contributed by atoms with van der Waals surface area (Å²) >= 11 is 0. The molecule has 0 aliphatic rings. The highest BCUT2D eigenvalue weighted by Gasteiger charge is 2.17. The van der Waals surface area contributed by atoms with Crippen molar-refractivity contribution in [2.75, 3.05) is 4.72 Å². The number of nitrogens with one attached hydrogen (secondary N) is 1. The lowest BCUT2D eigenvalue weighted by Gasteiger charge is -2.10. The Morgan fingerprint density at radius 1 is 1.00 bits per heavy atom. The van der Waals surface area contributed by atoms with Gasteiger partial charge in [0.1, 0.15) is 4.90 Å². The lowest BCUT2D eigenvalue weighted by atomic mass is 10.2. The number of benzene rings is 1. The number of rotatable bonds is 4. The van der Waals surface area contributed by atoms with E-state index in [2.05, 4.69) is 14.8 Å². The molecular formula is C19H17N5O3S. The summed E-state index contributed by atoms with van der Waals surface area (Å²) in [4.78, 5) is 15.8. The lowest BCUT2D eigenvalue weighted by molar-refractivity contribution is 0.601. The molecule has 9 heteroatoms. The second-order valence-electron chi connectivity index (χ2n) is 6.36. The van der Waals surface area contributed by atoms with Gasteiger partial charge in [0.05, 0.1) is 23.1 Å². The summed E-state index contributed by atoms with van der Waals surface area (Å²) in [5.74, 6) is 0. The minimum absolute atomic E-state index is 0.0419. The van der Waals surface area contributed by atoms with Gasteiger partial charge in [-0.2, -0.15) is 5.10 Å². The minimum Gasteiger partial charge on any atom is -0.318 e. The van der Waals surface area contributed by atoms with Gasteiger partial charge in [-0.05, 0) is 24.3 Å². The van der Waals surface area contributed by atoms with Crippen LogP contribution in [0.1, 0.15) is 0 Å². The van der Waals surface area contributed by atoms with E-state index >= 15 is 0 Å². The van der Waals surface area contributed by atoms with Crippen LogP contribution in [0.3, 0.4) is 0 Å². The maximum absolute atomic E-state index is 12.8. The molecule has 3 aromatic heterocycles. The Kier molecular flexibility index (Phi) is 4.23. The third-order valence-corrected chi connectivity index (χ3v) is 5.78. The zero-order valence-corrected chi connectivity index (χ0v) is 16.0. The van der Waals surface area contributed by atoms with Gasteiger partial charge in [-0.3, -0.25) is 19.2 Å². The summed E-state index contributed by atoms with van der Waals surface area (Å²) < 4.78 is 31.3. The van der Waals surface area contributed by atoms with Crippen molar-refractivity contribution in [1.29, 1.82) is 0 Å². The monoisotopic (exact) mass is 395 g/mol. The van der Waals surface area contributed by atoms with Crippen molar-refractivity contribution < 1.29 is 8.42 Å². The number of hydrogen-bond donors (Lipinski definition) is 1. The Morgan fingerprint density at radius 3 is 2.54 bits per heavy atom. The van der Waals surface area contributed by atoms with Gasteiger partial charge in [0.25, 0.3) is 10.0 Å². The number of hydrogen-bond acceptors (Lipinski definition) is 5. The van der Waals surface area contributed by atoms with Crippen LogP contribution in [-0.4, -0.2) is 27.7 Å². The summed E-state index contributed by atoms with van der Waals surface area (Å²) in [5, 5.41) is 5.00. The van der Waals surface area contributed by atoms with Gasteiger partial charge < -0.3 is 4.57 Å². The average Bonchev–Trinajstić information content (AvgIpc) is 3.06. The van der Waals surface area contributed by atoms with Gasteiger partial charge in [-0.15, -0.1) is 0 Å². The number of aryl methyl sites for hydroxylation is 2. The van der Waals surface area contributed by atoms with Crippen LogP contribution in [-0.2, 0) is 24.1 Å². The molecule has 4 rings (SSSR count). The first kappa shape index (κ1) is 17.9. The van der Waals surface area contributed by atoms with Crippen LogP contribution >= 0.6 is 0 Å². The van der Waals surface area contributed by atoms with Crippen molar-refractivity contribution in [2.24, 2.45) is 14.1 Å². The molecular weight excluding hydrogens is 378 g/mol. The van der Waals surface area contributed by atoms with Crippen molar-refractivity contribution in [1.82, 2.24) is 19.3 Å². The van der Waals surface area contributed by atoms with Crippen LogP contribution in [0.15, 0.2) is 70.7 Å². The van der Waals surface area contributed by atoms with Crippen LogP contribution in [0.5, 0.6) is 0 Å². The smallest absolute Gasteiger partial charge is 0.263 e. The maximum atomic E-state index is 12.8. The normalized spacial score (nSPS) is 11.6. The number of pyridine rings is 2. The van der Waals surface area contributed by atoms with Gasteiger partial charge in [0.15, 0.2) is 0 Å². The SMILES string of the molecule is Cn1cc(-c2ccc(S(=O)(=O)Nc3cccc4cnn(C)c34)cn2)ccc1=O. The molecule has 0 amide bonds. The fraction of sp³-hybridized carbons (Fsp3) is 0.105. The molecule has 0 bridgehead atoms. The van der Waals surface area contributed by atoms with E-state index < -0.39 is 10.0 Å². The van der Waals surface area contributed by atoms with Gasteiger partial charge >= 0.3 is 0 Å².